The van der Waals surface area contributed by atoms with E-state index in [4.69, 9.17) is 14.2 Å². The van der Waals surface area contributed by atoms with Gasteiger partial charge in [-0.1, -0.05) is 18.2 Å². The Balaban J connectivity index is 1.56. The first kappa shape index (κ1) is 22.3. The Hall–Kier alpha value is -3.86. The van der Waals surface area contributed by atoms with Gasteiger partial charge in [0.25, 0.3) is 5.91 Å². The van der Waals surface area contributed by atoms with E-state index in [1.54, 1.807) is 35.2 Å². The molecule has 3 heterocycles. The zero-order valence-corrected chi connectivity index (χ0v) is 18.1. The number of ether oxygens (including phenoxy) is 3. The van der Waals surface area contributed by atoms with E-state index in [1.807, 2.05) is 6.07 Å². The average Bonchev–Trinajstić information content (AvgIpc) is 3.24. The first-order valence-electron chi connectivity index (χ1n) is 10.4. The Labute approximate surface area is 189 Å². The summed E-state index contributed by atoms with van der Waals surface area (Å²) >= 11 is 0. The molecule has 1 saturated heterocycles. The molecule has 0 spiro atoms. The fourth-order valence-corrected chi connectivity index (χ4v) is 3.67. The SMILES string of the molecule is CC(=O)OC[C@@H]1O[C@H](n2cnc3c(NC(=O)c4ccccc4)ncnc32)CC[C@H]1OC(C)=O. The van der Waals surface area contributed by atoms with Gasteiger partial charge in [0.2, 0.25) is 0 Å². The van der Waals surface area contributed by atoms with E-state index in [9.17, 15) is 14.4 Å². The number of nitrogens with one attached hydrogen (secondary N) is 1. The Morgan fingerprint density at radius 2 is 1.88 bits per heavy atom. The first-order valence-corrected chi connectivity index (χ1v) is 10.4. The van der Waals surface area contributed by atoms with Gasteiger partial charge >= 0.3 is 11.9 Å². The van der Waals surface area contributed by atoms with Crippen LogP contribution in [0.1, 0.15) is 43.3 Å². The third-order valence-electron chi connectivity index (χ3n) is 5.15. The minimum atomic E-state index is -0.645. The fraction of sp³-hybridized carbons (Fsp3) is 0.364. The van der Waals surface area contributed by atoms with Gasteiger partial charge in [0, 0.05) is 19.4 Å². The van der Waals surface area contributed by atoms with Crippen molar-refractivity contribution in [2.75, 3.05) is 11.9 Å². The molecule has 1 amide bonds. The number of carbonyl (C=O) groups excluding carboxylic acids is 3. The number of benzene rings is 1. The van der Waals surface area contributed by atoms with Crippen LogP contribution in [0.3, 0.4) is 0 Å². The summed E-state index contributed by atoms with van der Waals surface area (Å²) in [6.45, 7) is 2.57. The van der Waals surface area contributed by atoms with Crippen LogP contribution < -0.4 is 5.32 Å². The van der Waals surface area contributed by atoms with Gasteiger partial charge in [0.1, 0.15) is 31.4 Å². The average molecular weight is 453 g/mol. The van der Waals surface area contributed by atoms with Crippen molar-refractivity contribution in [3.63, 3.8) is 0 Å². The molecule has 1 aromatic carbocycles. The smallest absolute Gasteiger partial charge is 0.302 e. The van der Waals surface area contributed by atoms with E-state index in [-0.39, 0.29) is 18.3 Å². The molecule has 0 saturated carbocycles. The van der Waals surface area contributed by atoms with Crippen molar-refractivity contribution in [2.45, 2.75) is 45.1 Å². The largest absolute Gasteiger partial charge is 0.463 e. The Morgan fingerprint density at radius 1 is 1.09 bits per heavy atom. The third-order valence-corrected chi connectivity index (χ3v) is 5.15. The molecule has 3 aromatic rings. The molecule has 172 valence electrons. The van der Waals surface area contributed by atoms with E-state index < -0.39 is 30.4 Å². The number of imidazole rings is 1. The van der Waals surface area contributed by atoms with E-state index in [0.29, 0.717) is 29.6 Å². The summed E-state index contributed by atoms with van der Waals surface area (Å²) in [7, 11) is 0. The van der Waals surface area contributed by atoms with Gasteiger partial charge in [0.15, 0.2) is 17.0 Å². The summed E-state index contributed by atoms with van der Waals surface area (Å²) in [4.78, 5) is 48.1. The maximum absolute atomic E-state index is 12.5. The van der Waals surface area contributed by atoms with Crippen LogP contribution in [-0.2, 0) is 23.8 Å². The van der Waals surface area contributed by atoms with Crippen molar-refractivity contribution in [3.05, 3.63) is 48.5 Å². The minimum Gasteiger partial charge on any atom is -0.463 e. The number of anilines is 1. The summed E-state index contributed by atoms with van der Waals surface area (Å²) in [6.07, 6.45) is 2.22. The molecule has 0 aliphatic carbocycles. The van der Waals surface area contributed by atoms with Crippen molar-refractivity contribution >= 4 is 34.8 Å². The van der Waals surface area contributed by atoms with Gasteiger partial charge in [-0.3, -0.25) is 19.0 Å². The van der Waals surface area contributed by atoms with Crippen LogP contribution in [0.4, 0.5) is 5.82 Å². The zero-order valence-electron chi connectivity index (χ0n) is 18.1. The molecule has 11 nitrogen and oxygen atoms in total. The van der Waals surface area contributed by atoms with Crippen LogP contribution in [0.2, 0.25) is 0 Å². The summed E-state index contributed by atoms with van der Waals surface area (Å²) in [5, 5.41) is 2.77. The van der Waals surface area contributed by atoms with Crippen LogP contribution >= 0.6 is 0 Å². The van der Waals surface area contributed by atoms with E-state index in [1.165, 1.54) is 20.2 Å². The normalized spacial score (nSPS) is 20.2. The van der Waals surface area contributed by atoms with Gasteiger partial charge < -0.3 is 19.5 Å². The second kappa shape index (κ2) is 9.74. The molecule has 0 bridgehead atoms. The molecule has 11 heteroatoms. The predicted octanol–water partition coefficient (Wildman–Crippen LogP) is 2.25. The summed E-state index contributed by atoms with van der Waals surface area (Å²) in [5.41, 5.74) is 1.36. The van der Waals surface area contributed by atoms with E-state index in [2.05, 4.69) is 20.3 Å². The number of rotatable bonds is 6. The minimum absolute atomic E-state index is 0.0518. The summed E-state index contributed by atoms with van der Waals surface area (Å²) in [5.74, 6) is -0.932. The number of aromatic nitrogens is 4. The highest BCUT2D eigenvalue weighted by molar-refractivity contribution is 6.06. The number of fused-ring (bicyclic) bond motifs is 1. The molecule has 0 radical (unpaired) electrons. The molecular formula is C22H23N5O6. The molecular weight excluding hydrogens is 430 g/mol. The molecule has 1 fully saturated rings. The highest BCUT2D eigenvalue weighted by atomic mass is 16.6. The van der Waals surface area contributed by atoms with Gasteiger partial charge in [0.05, 0.1) is 6.33 Å². The highest BCUT2D eigenvalue weighted by Gasteiger charge is 2.36. The number of nitrogens with zero attached hydrogens (tertiary/aromatic N) is 4. The van der Waals surface area contributed by atoms with Crippen LogP contribution in [-0.4, -0.2) is 56.2 Å². The van der Waals surface area contributed by atoms with Crippen molar-refractivity contribution in [1.82, 2.24) is 19.5 Å². The van der Waals surface area contributed by atoms with Crippen molar-refractivity contribution in [2.24, 2.45) is 0 Å². The Morgan fingerprint density at radius 3 is 2.61 bits per heavy atom. The van der Waals surface area contributed by atoms with Gasteiger partial charge in [-0.2, -0.15) is 0 Å². The molecule has 0 unspecified atom stereocenters. The fourth-order valence-electron chi connectivity index (χ4n) is 3.67. The predicted molar refractivity (Wildman–Crippen MR) is 115 cm³/mol. The molecule has 1 aliphatic heterocycles. The van der Waals surface area contributed by atoms with Crippen molar-refractivity contribution in [3.8, 4) is 0 Å². The molecule has 1 N–H and O–H groups in total. The van der Waals surface area contributed by atoms with Gasteiger partial charge in [-0.25, -0.2) is 15.0 Å². The highest BCUT2D eigenvalue weighted by Crippen LogP contribution is 2.32. The summed E-state index contributed by atoms with van der Waals surface area (Å²) in [6, 6.07) is 8.77. The lowest BCUT2D eigenvalue weighted by Crippen LogP contribution is -2.43. The third kappa shape index (κ3) is 5.14. The number of carbonyl (C=O) groups is 3. The lowest BCUT2D eigenvalue weighted by atomic mass is 10.0. The van der Waals surface area contributed by atoms with Crippen LogP contribution in [0.15, 0.2) is 43.0 Å². The van der Waals surface area contributed by atoms with E-state index in [0.717, 1.165) is 0 Å². The first-order chi connectivity index (χ1) is 15.9. The number of hydrogen-bond donors (Lipinski definition) is 1. The van der Waals surface area contributed by atoms with Crippen LogP contribution in [0, 0.1) is 0 Å². The van der Waals surface area contributed by atoms with Crippen LogP contribution in [0.25, 0.3) is 11.2 Å². The monoisotopic (exact) mass is 453 g/mol. The van der Waals surface area contributed by atoms with Gasteiger partial charge in [-0.05, 0) is 25.0 Å². The maximum atomic E-state index is 12.5. The topological polar surface area (TPSA) is 135 Å². The quantitative estimate of drug-likeness (QED) is 0.558. The Bertz CT molecular complexity index is 1160. The lowest BCUT2D eigenvalue weighted by molar-refractivity contribution is -0.191. The Kier molecular flexibility index (Phi) is 6.59. The van der Waals surface area contributed by atoms with Crippen molar-refractivity contribution in [1.29, 1.82) is 0 Å². The van der Waals surface area contributed by atoms with Crippen molar-refractivity contribution < 1.29 is 28.6 Å². The molecule has 33 heavy (non-hydrogen) atoms. The molecule has 4 rings (SSSR count). The summed E-state index contributed by atoms with van der Waals surface area (Å²) < 4.78 is 18.3. The van der Waals surface area contributed by atoms with Gasteiger partial charge in [-0.15, -0.1) is 0 Å². The molecule has 1 aliphatic rings. The lowest BCUT2D eigenvalue weighted by Gasteiger charge is -2.35. The number of amides is 1. The molecule has 2 aromatic heterocycles. The zero-order chi connectivity index (χ0) is 23.4. The van der Waals surface area contributed by atoms with E-state index >= 15 is 0 Å². The second-order valence-corrected chi connectivity index (χ2v) is 7.52. The molecule has 3 atom stereocenters. The second-order valence-electron chi connectivity index (χ2n) is 7.52. The van der Waals surface area contributed by atoms with Crippen LogP contribution in [0.5, 0.6) is 0 Å². The maximum Gasteiger partial charge on any atom is 0.302 e. The standard InChI is InChI=1S/C22H23N5O6/c1-13(28)31-10-17-16(32-14(2)29)8-9-18(33-17)27-12-25-19-20(23-11-24-21(19)27)26-22(30)15-6-4-3-5-7-15/h3-7,11-12,16-18H,8-10H2,1-2H3,(H,23,24,26,30)/t16-,17+,18+/m1/s1. The number of esters is 2. The number of hydrogen-bond acceptors (Lipinski definition) is 9.